The summed E-state index contributed by atoms with van der Waals surface area (Å²) in [5, 5.41) is 18.6. The second-order valence-electron chi connectivity index (χ2n) is 5.38. The Morgan fingerprint density at radius 1 is 1.08 bits per heavy atom. The predicted octanol–water partition coefficient (Wildman–Crippen LogP) is 3.82. The number of halogens is 1. The number of hydrogen-bond acceptors (Lipinski definition) is 4. The number of hydrogen-bond donors (Lipinski definition) is 2. The number of pyridine rings is 1. The number of nitrogens with zero attached hydrogens (tertiary/aromatic N) is 3. The predicted molar refractivity (Wildman–Crippen MR) is 91.5 cm³/mol. The molecule has 0 unspecified atom stereocenters. The monoisotopic (exact) mass is 317 g/mol. The van der Waals surface area contributed by atoms with Gasteiger partial charge in [-0.3, -0.25) is 0 Å². The van der Waals surface area contributed by atoms with Crippen LogP contribution in [-0.4, -0.2) is 9.61 Å². The van der Waals surface area contributed by atoms with E-state index in [1.54, 1.807) is 16.6 Å². The van der Waals surface area contributed by atoms with Crippen LogP contribution < -0.4 is 11.1 Å². The van der Waals surface area contributed by atoms with E-state index in [1.807, 2.05) is 30.3 Å². The van der Waals surface area contributed by atoms with Crippen molar-refractivity contribution >= 4 is 33.6 Å². The minimum atomic E-state index is -0.301. The molecule has 0 aliphatic rings. The SMILES string of the molecule is N#Cc1c(N)n2nc(Nc3ccc(F)cc3)cc2c2ccccc12. The normalized spacial score (nSPS) is 10.8. The Morgan fingerprint density at radius 3 is 2.50 bits per heavy atom. The Morgan fingerprint density at radius 2 is 1.79 bits per heavy atom. The van der Waals surface area contributed by atoms with Crippen molar-refractivity contribution in [3.05, 3.63) is 66.0 Å². The van der Waals surface area contributed by atoms with Crippen LogP contribution in [0.4, 0.5) is 21.7 Å². The Balaban J connectivity index is 1.92. The Kier molecular flexibility index (Phi) is 3.07. The summed E-state index contributed by atoms with van der Waals surface area (Å²) in [6.07, 6.45) is 0. The highest BCUT2D eigenvalue weighted by atomic mass is 19.1. The highest BCUT2D eigenvalue weighted by Crippen LogP contribution is 2.30. The van der Waals surface area contributed by atoms with E-state index in [2.05, 4.69) is 16.5 Å². The van der Waals surface area contributed by atoms with Crippen LogP contribution in [0.1, 0.15) is 5.56 Å². The third kappa shape index (κ3) is 2.11. The van der Waals surface area contributed by atoms with Gasteiger partial charge in [-0.15, -0.1) is 5.10 Å². The zero-order valence-electron chi connectivity index (χ0n) is 12.5. The van der Waals surface area contributed by atoms with Crippen LogP contribution in [0.15, 0.2) is 54.6 Å². The molecule has 0 bridgehead atoms. The molecule has 5 nitrogen and oxygen atoms in total. The van der Waals surface area contributed by atoms with Crippen LogP contribution in [0.2, 0.25) is 0 Å². The Hall–Kier alpha value is -3.59. The minimum absolute atomic E-state index is 0.290. The fraction of sp³-hybridized carbons (Fsp3) is 0. The number of nitrogens with one attached hydrogen (secondary N) is 1. The number of nitriles is 1. The maximum atomic E-state index is 13.0. The van der Waals surface area contributed by atoms with E-state index in [0.29, 0.717) is 22.9 Å². The van der Waals surface area contributed by atoms with Crippen LogP contribution in [0, 0.1) is 17.1 Å². The molecule has 0 amide bonds. The van der Waals surface area contributed by atoms with Crippen LogP contribution in [0.3, 0.4) is 0 Å². The molecule has 0 atom stereocenters. The topological polar surface area (TPSA) is 79.1 Å². The molecule has 0 aliphatic carbocycles. The first-order chi connectivity index (χ1) is 11.7. The van der Waals surface area contributed by atoms with Crippen molar-refractivity contribution in [2.45, 2.75) is 0 Å². The molecular weight excluding hydrogens is 305 g/mol. The summed E-state index contributed by atoms with van der Waals surface area (Å²) < 4.78 is 14.6. The van der Waals surface area contributed by atoms with Crippen molar-refractivity contribution in [1.82, 2.24) is 9.61 Å². The average Bonchev–Trinajstić information content (AvgIpc) is 3.02. The molecule has 2 heterocycles. The van der Waals surface area contributed by atoms with Gasteiger partial charge >= 0.3 is 0 Å². The number of benzene rings is 2. The molecule has 4 rings (SSSR count). The standard InChI is InChI=1S/C18H12FN5/c19-11-5-7-12(8-6-11)22-17-9-16-14-4-2-1-3-13(14)15(10-20)18(21)24(16)23-17/h1-9H,21H2,(H,22,23). The van der Waals surface area contributed by atoms with Gasteiger partial charge in [-0.2, -0.15) is 5.26 Å². The third-order valence-electron chi connectivity index (χ3n) is 3.89. The van der Waals surface area contributed by atoms with E-state index in [1.165, 1.54) is 12.1 Å². The second-order valence-corrected chi connectivity index (χ2v) is 5.38. The lowest BCUT2D eigenvalue weighted by molar-refractivity contribution is 0.628. The minimum Gasteiger partial charge on any atom is -0.383 e. The number of aromatic nitrogens is 2. The van der Waals surface area contributed by atoms with Crippen LogP contribution in [-0.2, 0) is 0 Å². The van der Waals surface area contributed by atoms with Gasteiger partial charge < -0.3 is 11.1 Å². The van der Waals surface area contributed by atoms with Gasteiger partial charge in [0.2, 0.25) is 0 Å². The number of anilines is 3. The summed E-state index contributed by atoms with van der Waals surface area (Å²) in [6.45, 7) is 0. The van der Waals surface area contributed by atoms with E-state index in [4.69, 9.17) is 5.73 Å². The molecule has 0 saturated carbocycles. The second kappa shape index (κ2) is 5.25. The highest BCUT2D eigenvalue weighted by Gasteiger charge is 2.14. The quantitative estimate of drug-likeness (QED) is 0.589. The number of fused-ring (bicyclic) bond motifs is 3. The first kappa shape index (κ1) is 14.0. The van der Waals surface area contributed by atoms with E-state index in [0.717, 1.165) is 16.3 Å². The lowest BCUT2D eigenvalue weighted by Gasteiger charge is -2.06. The number of nitrogens with two attached hydrogens (primary N) is 1. The van der Waals surface area contributed by atoms with Gasteiger partial charge in [0.1, 0.15) is 23.3 Å². The maximum absolute atomic E-state index is 13.0. The van der Waals surface area contributed by atoms with E-state index >= 15 is 0 Å². The lowest BCUT2D eigenvalue weighted by Crippen LogP contribution is -2.03. The van der Waals surface area contributed by atoms with E-state index < -0.39 is 0 Å². The molecule has 2 aromatic carbocycles. The fourth-order valence-corrected chi connectivity index (χ4v) is 2.78. The summed E-state index contributed by atoms with van der Waals surface area (Å²) in [4.78, 5) is 0. The first-order valence-corrected chi connectivity index (χ1v) is 7.30. The molecule has 0 radical (unpaired) electrons. The summed E-state index contributed by atoms with van der Waals surface area (Å²) in [7, 11) is 0. The summed E-state index contributed by atoms with van der Waals surface area (Å²) in [6, 6.07) is 17.6. The molecule has 0 fully saturated rings. The van der Waals surface area contributed by atoms with Gasteiger partial charge in [-0.05, 0) is 24.3 Å². The molecule has 0 saturated heterocycles. The number of nitrogen functional groups attached to an aromatic ring is 1. The molecule has 2 aromatic heterocycles. The largest absolute Gasteiger partial charge is 0.383 e. The van der Waals surface area contributed by atoms with Crippen LogP contribution in [0.25, 0.3) is 16.3 Å². The van der Waals surface area contributed by atoms with E-state index in [9.17, 15) is 9.65 Å². The van der Waals surface area contributed by atoms with Gasteiger partial charge in [0.25, 0.3) is 0 Å². The molecular formula is C18H12FN5. The lowest BCUT2D eigenvalue weighted by atomic mass is 10.1. The highest BCUT2D eigenvalue weighted by molar-refractivity contribution is 6.02. The zero-order valence-corrected chi connectivity index (χ0v) is 12.5. The molecule has 0 aliphatic heterocycles. The third-order valence-corrected chi connectivity index (χ3v) is 3.89. The van der Waals surface area contributed by atoms with Crippen molar-refractivity contribution in [3.8, 4) is 6.07 Å². The van der Waals surface area contributed by atoms with Gasteiger partial charge in [-0.25, -0.2) is 8.91 Å². The van der Waals surface area contributed by atoms with Crippen molar-refractivity contribution in [2.75, 3.05) is 11.1 Å². The fourth-order valence-electron chi connectivity index (χ4n) is 2.78. The van der Waals surface area contributed by atoms with Gasteiger partial charge in [0.15, 0.2) is 5.82 Å². The van der Waals surface area contributed by atoms with E-state index in [-0.39, 0.29) is 5.82 Å². The molecule has 116 valence electrons. The van der Waals surface area contributed by atoms with Crippen molar-refractivity contribution in [1.29, 1.82) is 5.26 Å². The van der Waals surface area contributed by atoms with Crippen molar-refractivity contribution in [2.24, 2.45) is 0 Å². The van der Waals surface area contributed by atoms with Gasteiger partial charge in [0.05, 0.1) is 5.52 Å². The summed E-state index contributed by atoms with van der Waals surface area (Å²) in [5.41, 5.74) is 8.03. The van der Waals surface area contributed by atoms with Crippen LogP contribution in [0.5, 0.6) is 0 Å². The molecule has 3 N–H and O–H groups in total. The Labute approximate surface area is 136 Å². The van der Waals surface area contributed by atoms with Crippen molar-refractivity contribution in [3.63, 3.8) is 0 Å². The summed E-state index contributed by atoms with van der Waals surface area (Å²) >= 11 is 0. The van der Waals surface area contributed by atoms with Crippen molar-refractivity contribution < 1.29 is 4.39 Å². The average molecular weight is 317 g/mol. The summed E-state index contributed by atoms with van der Waals surface area (Å²) in [5.74, 6) is 0.552. The molecule has 6 heteroatoms. The smallest absolute Gasteiger partial charge is 0.153 e. The molecule has 0 spiro atoms. The van der Waals surface area contributed by atoms with Gasteiger partial charge in [-0.1, -0.05) is 24.3 Å². The first-order valence-electron chi connectivity index (χ1n) is 7.30. The maximum Gasteiger partial charge on any atom is 0.153 e. The number of rotatable bonds is 2. The van der Waals surface area contributed by atoms with Gasteiger partial charge in [0, 0.05) is 22.5 Å². The van der Waals surface area contributed by atoms with Crippen LogP contribution >= 0.6 is 0 Å². The Bertz CT molecular complexity index is 1110. The molecule has 4 aromatic rings. The zero-order chi connectivity index (χ0) is 16.7. The molecule has 24 heavy (non-hydrogen) atoms.